The summed E-state index contributed by atoms with van der Waals surface area (Å²) in [6, 6.07) is 14.8. The molecule has 2 aromatic heterocycles. The third-order valence-corrected chi connectivity index (χ3v) is 6.05. The number of thioether (sulfide) groups is 1. The molecule has 9 heteroatoms. The molecule has 0 saturated heterocycles. The van der Waals surface area contributed by atoms with Gasteiger partial charge in [-0.15, -0.1) is 5.10 Å². The molecular weight excluding hydrogens is 453 g/mol. The van der Waals surface area contributed by atoms with Crippen molar-refractivity contribution in [2.24, 2.45) is 0 Å². The van der Waals surface area contributed by atoms with E-state index in [4.69, 9.17) is 23.2 Å². The predicted octanol–water partition coefficient (Wildman–Crippen LogP) is 5.37. The Labute approximate surface area is 194 Å². The van der Waals surface area contributed by atoms with Crippen molar-refractivity contribution >= 4 is 52.3 Å². The Morgan fingerprint density at radius 2 is 1.81 bits per heavy atom. The summed E-state index contributed by atoms with van der Waals surface area (Å²) in [5.41, 5.74) is 4.69. The number of rotatable bonds is 6. The van der Waals surface area contributed by atoms with Crippen molar-refractivity contribution < 1.29 is 4.79 Å². The van der Waals surface area contributed by atoms with Gasteiger partial charge in [-0.05, 0) is 55.3 Å². The van der Waals surface area contributed by atoms with E-state index in [-0.39, 0.29) is 11.7 Å². The lowest BCUT2D eigenvalue weighted by Gasteiger charge is -2.10. The molecular formula is C22H19Cl2N5OS. The van der Waals surface area contributed by atoms with Gasteiger partial charge >= 0.3 is 0 Å². The Morgan fingerprint density at radius 3 is 2.55 bits per heavy atom. The van der Waals surface area contributed by atoms with Gasteiger partial charge in [0.15, 0.2) is 0 Å². The molecule has 31 heavy (non-hydrogen) atoms. The van der Waals surface area contributed by atoms with Gasteiger partial charge in [0.25, 0.3) is 5.78 Å². The van der Waals surface area contributed by atoms with Crippen LogP contribution < -0.4 is 5.32 Å². The number of benzene rings is 2. The van der Waals surface area contributed by atoms with Crippen LogP contribution >= 0.6 is 35.0 Å². The summed E-state index contributed by atoms with van der Waals surface area (Å²) in [4.78, 5) is 21.3. The normalized spacial score (nSPS) is 11.1. The molecule has 158 valence electrons. The molecule has 2 aromatic carbocycles. The number of aryl methyl sites for hydroxylation is 2. The number of fused-ring (bicyclic) bond motifs is 1. The smallest absolute Gasteiger partial charge is 0.253 e. The van der Waals surface area contributed by atoms with Crippen LogP contribution in [0.1, 0.15) is 22.5 Å². The van der Waals surface area contributed by atoms with Gasteiger partial charge in [0.2, 0.25) is 11.1 Å². The summed E-state index contributed by atoms with van der Waals surface area (Å²) in [7, 11) is 0. The molecule has 1 amide bonds. The van der Waals surface area contributed by atoms with Gasteiger partial charge < -0.3 is 5.32 Å². The summed E-state index contributed by atoms with van der Waals surface area (Å²) in [6.45, 7) is 3.96. The van der Waals surface area contributed by atoms with Crippen LogP contribution in [-0.4, -0.2) is 31.2 Å². The van der Waals surface area contributed by atoms with Crippen LogP contribution in [0.15, 0.2) is 53.7 Å². The highest BCUT2D eigenvalue weighted by molar-refractivity contribution is 7.99. The van der Waals surface area contributed by atoms with Crippen molar-refractivity contribution in [3.05, 3.63) is 81.1 Å². The second kappa shape index (κ2) is 9.26. The van der Waals surface area contributed by atoms with Crippen LogP contribution in [0.5, 0.6) is 0 Å². The highest BCUT2D eigenvalue weighted by atomic mass is 35.5. The third-order valence-electron chi connectivity index (χ3n) is 4.74. The maximum Gasteiger partial charge on any atom is 0.253 e. The van der Waals surface area contributed by atoms with E-state index in [1.165, 1.54) is 11.8 Å². The lowest BCUT2D eigenvalue weighted by molar-refractivity contribution is -0.113. The number of anilines is 1. The number of halogens is 2. The summed E-state index contributed by atoms with van der Waals surface area (Å²) in [5.74, 6) is 0.535. The minimum atomic E-state index is -0.159. The molecule has 0 spiro atoms. The predicted molar refractivity (Wildman–Crippen MR) is 125 cm³/mol. The quantitative estimate of drug-likeness (QED) is 0.382. The fraction of sp³-hybridized carbons (Fsp3) is 0.182. The Kier molecular flexibility index (Phi) is 6.46. The van der Waals surface area contributed by atoms with E-state index < -0.39 is 0 Å². The molecule has 0 bridgehead atoms. The van der Waals surface area contributed by atoms with Crippen molar-refractivity contribution in [3.8, 4) is 0 Å². The maximum atomic E-state index is 12.3. The van der Waals surface area contributed by atoms with E-state index in [2.05, 4.69) is 20.4 Å². The summed E-state index contributed by atoms with van der Waals surface area (Å²) < 4.78 is 1.73. The maximum absolute atomic E-state index is 12.3. The van der Waals surface area contributed by atoms with Gasteiger partial charge in [-0.1, -0.05) is 53.2 Å². The molecule has 0 radical (unpaired) electrons. The number of carbonyl (C=O) groups is 1. The van der Waals surface area contributed by atoms with E-state index in [9.17, 15) is 4.79 Å². The molecule has 0 aliphatic heterocycles. The second-order valence-corrected chi connectivity index (χ2v) is 8.84. The van der Waals surface area contributed by atoms with E-state index in [1.54, 1.807) is 28.8 Å². The van der Waals surface area contributed by atoms with Crippen LogP contribution in [-0.2, 0) is 11.2 Å². The van der Waals surface area contributed by atoms with Crippen LogP contribution in [0.25, 0.3) is 5.78 Å². The first-order valence-electron chi connectivity index (χ1n) is 9.54. The number of amides is 1. The zero-order chi connectivity index (χ0) is 22.0. The van der Waals surface area contributed by atoms with Gasteiger partial charge in [-0.3, -0.25) is 4.79 Å². The van der Waals surface area contributed by atoms with Crippen LogP contribution in [0.4, 0.5) is 5.69 Å². The highest BCUT2D eigenvalue weighted by Gasteiger charge is 2.15. The van der Waals surface area contributed by atoms with Crippen molar-refractivity contribution in [3.63, 3.8) is 0 Å². The van der Waals surface area contributed by atoms with Crippen molar-refractivity contribution in [1.82, 2.24) is 19.6 Å². The summed E-state index contributed by atoms with van der Waals surface area (Å²) >= 11 is 13.3. The minimum Gasteiger partial charge on any atom is -0.325 e. The minimum absolute atomic E-state index is 0.159. The van der Waals surface area contributed by atoms with Crippen molar-refractivity contribution in [1.29, 1.82) is 0 Å². The average molecular weight is 472 g/mol. The monoisotopic (exact) mass is 471 g/mol. The van der Waals surface area contributed by atoms with Crippen molar-refractivity contribution in [2.45, 2.75) is 25.4 Å². The number of carbonyl (C=O) groups excluding carboxylic acids is 1. The standard InChI is InChI=1S/C22H19Cl2N5OS/c1-13-19(10-15-5-3-6-16(23)9-15)14(2)29-21(25-13)27-22(28-29)31-12-20(30)26-18-8-4-7-17(24)11-18/h3-9,11H,10,12H2,1-2H3,(H,26,30). The van der Waals surface area contributed by atoms with Gasteiger partial charge in [0.05, 0.1) is 5.75 Å². The average Bonchev–Trinajstić information content (AvgIpc) is 3.13. The molecule has 1 N–H and O–H groups in total. The Morgan fingerprint density at radius 1 is 1.06 bits per heavy atom. The topological polar surface area (TPSA) is 72.2 Å². The zero-order valence-electron chi connectivity index (χ0n) is 16.9. The molecule has 0 aliphatic carbocycles. The lowest BCUT2D eigenvalue weighted by atomic mass is 10.0. The summed E-state index contributed by atoms with van der Waals surface area (Å²) in [5, 5.41) is 9.13. The molecule has 0 saturated carbocycles. The summed E-state index contributed by atoms with van der Waals surface area (Å²) in [6.07, 6.45) is 0.700. The van der Waals surface area contributed by atoms with Crippen LogP contribution in [0.2, 0.25) is 10.0 Å². The van der Waals surface area contributed by atoms with E-state index >= 15 is 0 Å². The number of nitrogens with one attached hydrogen (secondary N) is 1. The molecule has 2 heterocycles. The molecule has 0 atom stereocenters. The second-order valence-electron chi connectivity index (χ2n) is 7.02. The SMILES string of the molecule is Cc1nc2nc(SCC(=O)Nc3cccc(Cl)c3)nn2c(C)c1Cc1cccc(Cl)c1. The third kappa shape index (κ3) is 5.18. The Bertz CT molecular complexity index is 1270. The fourth-order valence-electron chi connectivity index (χ4n) is 3.25. The largest absolute Gasteiger partial charge is 0.325 e. The van der Waals surface area contributed by atoms with Crippen molar-refractivity contribution in [2.75, 3.05) is 11.1 Å². The molecule has 0 aliphatic rings. The van der Waals surface area contributed by atoms with E-state index in [0.717, 1.165) is 22.5 Å². The van der Waals surface area contributed by atoms with E-state index in [1.807, 2.05) is 38.1 Å². The lowest BCUT2D eigenvalue weighted by Crippen LogP contribution is -2.14. The molecule has 6 nitrogen and oxygen atoms in total. The van der Waals surface area contributed by atoms with Crippen LogP contribution in [0.3, 0.4) is 0 Å². The first-order valence-corrected chi connectivity index (χ1v) is 11.3. The Hall–Kier alpha value is -2.61. The molecule has 0 fully saturated rings. The van der Waals surface area contributed by atoms with E-state index in [0.29, 0.717) is 33.1 Å². The molecule has 0 unspecified atom stereocenters. The van der Waals surface area contributed by atoms with Gasteiger partial charge in [-0.2, -0.15) is 4.98 Å². The van der Waals surface area contributed by atoms with Gasteiger partial charge in [0, 0.05) is 33.5 Å². The molecule has 4 aromatic rings. The zero-order valence-corrected chi connectivity index (χ0v) is 19.2. The number of hydrogen-bond acceptors (Lipinski definition) is 5. The van der Waals surface area contributed by atoms with Gasteiger partial charge in [0.1, 0.15) is 0 Å². The molecule has 4 rings (SSSR count). The number of nitrogens with zero attached hydrogens (tertiary/aromatic N) is 4. The Balaban J connectivity index is 1.50. The first-order chi connectivity index (χ1) is 14.9. The van der Waals surface area contributed by atoms with Crippen LogP contribution in [0, 0.1) is 13.8 Å². The van der Waals surface area contributed by atoms with Gasteiger partial charge in [-0.25, -0.2) is 9.50 Å². The fourth-order valence-corrected chi connectivity index (χ4v) is 4.27. The first kappa shape index (κ1) is 21.6. The number of hydrogen-bond donors (Lipinski definition) is 1. The number of aromatic nitrogens is 4. The highest BCUT2D eigenvalue weighted by Crippen LogP contribution is 2.22.